The third kappa shape index (κ3) is 6.90. The number of carbonyl (C=O) groups excluding carboxylic acids is 1. The minimum Gasteiger partial charge on any atom is -0.462 e. The molecule has 6 heteroatoms. The molecule has 106 valence electrons. The number of rotatable bonds is 9. The maximum atomic E-state index is 11.1. The second-order valence-electron chi connectivity index (χ2n) is 4.26. The monoisotopic (exact) mass is 276 g/mol. The zero-order valence-electron chi connectivity index (χ0n) is 11.9. The summed E-state index contributed by atoms with van der Waals surface area (Å²) in [4.78, 5) is 11.1. The van der Waals surface area contributed by atoms with Crippen molar-refractivity contribution in [1.29, 1.82) is 0 Å². The molecule has 0 aliphatic rings. The van der Waals surface area contributed by atoms with Gasteiger partial charge in [0, 0.05) is 32.4 Å². The lowest BCUT2D eigenvalue weighted by atomic mass is 10.2. The maximum absolute atomic E-state index is 11.1. The number of ether oxygens (including phenoxy) is 1. The highest BCUT2D eigenvalue weighted by Gasteiger charge is 2.33. The molecule has 0 aliphatic heterocycles. The van der Waals surface area contributed by atoms with Crippen molar-refractivity contribution in [1.82, 2.24) is 0 Å². The van der Waals surface area contributed by atoms with Crippen molar-refractivity contribution < 1.29 is 22.8 Å². The van der Waals surface area contributed by atoms with Gasteiger partial charge in [0.05, 0.1) is 6.61 Å². The van der Waals surface area contributed by atoms with Crippen LogP contribution in [0.4, 0.5) is 0 Å². The van der Waals surface area contributed by atoms with Crippen LogP contribution < -0.4 is 0 Å². The van der Waals surface area contributed by atoms with Crippen LogP contribution in [0.15, 0.2) is 12.2 Å². The molecule has 0 bridgehead atoms. The fourth-order valence-electron chi connectivity index (χ4n) is 1.26. The maximum Gasteiger partial charge on any atom is 0.497 e. The highest BCUT2D eigenvalue weighted by molar-refractivity contribution is 6.59. The zero-order valence-corrected chi connectivity index (χ0v) is 12.9. The minimum atomic E-state index is -2.48. The Kier molecular flexibility index (Phi) is 8.09. The number of esters is 1. The van der Waals surface area contributed by atoms with E-state index in [1.54, 1.807) is 21.1 Å². The molecule has 0 radical (unpaired) electrons. The Morgan fingerprint density at radius 3 is 2.33 bits per heavy atom. The Morgan fingerprint density at radius 2 is 1.89 bits per heavy atom. The average Bonchev–Trinajstić information content (AvgIpc) is 2.33. The standard InChI is InChI=1S/C12H24O5Si/c1-10(2)12(13)16-9-7-8-11(3)17-18(6,14-4)15-5/h11H,1,7-9H2,2-6H3. The zero-order chi connectivity index (χ0) is 14.2. The third-order valence-corrected chi connectivity index (χ3v) is 4.81. The SMILES string of the molecule is C=C(C)C(=O)OCCCC(C)O[Si](C)(OC)OC. The highest BCUT2D eigenvalue weighted by Crippen LogP contribution is 2.13. The lowest BCUT2D eigenvalue weighted by Crippen LogP contribution is -2.43. The van der Waals surface area contributed by atoms with Gasteiger partial charge in [0.2, 0.25) is 0 Å². The van der Waals surface area contributed by atoms with Crippen molar-refractivity contribution in [2.24, 2.45) is 0 Å². The predicted molar refractivity (Wildman–Crippen MR) is 71.2 cm³/mol. The van der Waals surface area contributed by atoms with Crippen LogP contribution in [0, 0.1) is 0 Å². The van der Waals surface area contributed by atoms with Crippen molar-refractivity contribution in [2.45, 2.75) is 39.3 Å². The van der Waals surface area contributed by atoms with Crippen LogP contribution in [0.5, 0.6) is 0 Å². The molecule has 0 spiro atoms. The molecule has 0 aliphatic carbocycles. The molecule has 1 unspecified atom stereocenters. The normalized spacial score (nSPS) is 13.2. The van der Waals surface area contributed by atoms with Crippen molar-refractivity contribution in [3.05, 3.63) is 12.2 Å². The van der Waals surface area contributed by atoms with Gasteiger partial charge in [-0.2, -0.15) is 0 Å². The van der Waals surface area contributed by atoms with Gasteiger partial charge in [-0.3, -0.25) is 0 Å². The van der Waals surface area contributed by atoms with Crippen LogP contribution in [-0.4, -0.2) is 41.7 Å². The molecular formula is C12H24O5Si. The molecule has 0 aromatic carbocycles. The van der Waals surface area contributed by atoms with Crippen LogP contribution in [0.1, 0.15) is 26.7 Å². The molecule has 0 fully saturated rings. The lowest BCUT2D eigenvalue weighted by Gasteiger charge is -2.26. The van der Waals surface area contributed by atoms with E-state index < -0.39 is 8.80 Å². The second kappa shape index (κ2) is 8.42. The van der Waals surface area contributed by atoms with Crippen LogP contribution in [0.3, 0.4) is 0 Å². The summed E-state index contributed by atoms with van der Waals surface area (Å²) in [5.74, 6) is -0.350. The smallest absolute Gasteiger partial charge is 0.462 e. The van der Waals surface area contributed by atoms with Crippen molar-refractivity contribution >= 4 is 14.8 Å². The Bertz CT molecular complexity index is 276. The van der Waals surface area contributed by atoms with E-state index in [1.807, 2.05) is 13.5 Å². The first-order valence-corrected chi connectivity index (χ1v) is 8.18. The highest BCUT2D eigenvalue weighted by atomic mass is 28.4. The molecule has 5 nitrogen and oxygen atoms in total. The molecule has 0 amide bonds. The first-order chi connectivity index (χ1) is 8.34. The molecule has 0 aromatic heterocycles. The number of hydrogen-bond donors (Lipinski definition) is 0. The summed E-state index contributed by atoms with van der Waals surface area (Å²) >= 11 is 0. The second-order valence-corrected chi connectivity index (χ2v) is 7.03. The van der Waals surface area contributed by atoms with Gasteiger partial charge in [-0.05, 0) is 26.7 Å². The Hall–Kier alpha value is -0.693. The molecule has 0 heterocycles. The van der Waals surface area contributed by atoms with Crippen LogP contribution in [-0.2, 0) is 22.8 Å². The quantitative estimate of drug-likeness (QED) is 0.279. The van der Waals surface area contributed by atoms with Crippen molar-refractivity contribution in [2.75, 3.05) is 20.8 Å². The Balaban J connectivity index is 3.81. The van der Waals surface area contributed by atoms with Crippen molar-refractivity contribution in [3.63, 3.8) is 0 Å². The number of carbonyl (C=O) groups is 1. The molecule has 0 N–H and O–H groups in total. The van der Waals surface area contributed by atoms with E-state index in [2.05, 4.69) is 6.58 Å². The van der Waals surface area contributed by atoms with E-state index >= 15 is 0 Å². The number of hydrogen-bond acceptors (Lipinski definition) is 5. The molecule has 0 saturated carbocycles. The van der Waals surface area contributed by atoms with Gasteiger partial charge < -0.3 is 18.0 Å². The lowest BCUT2D eigenvalue weighted by molar-refractivity contribution is -0.139. The molecule has 1 atom stereocenters. The van der Waals surface area contributed by atoms with Crippen LogP contribution >= 0.6 is 0 Å². The van der Waals surface area contributed by atoms with Gasteiger partial charge >= 0.3 is 14.8 Å². The summed E-state index contributed by atoms with van der Waals surface area (Å²) < 4.78 is 21.2. The molecule has 18 heavy (non-hydrogen) atoms. The van der Waals surface area contributed by atoms with Gasteiger partial charge in [-0.15, -0.1) is 0 Å². The Labute approximate surface area is 110 Å². The summed E-state index contributed by atoms with van der Waals surface area (Å²) in [6.07, 6.45) is 1.52. The molecule has 0 rings (SSSR count). The van der Waals surface area contributed by atoms with E-state index in [1.165, 1.54) is 0 Å². The van der Waals surface area contributed by atoms with Crippen molar-refractivity contribution in [3.8, 4) is 0 Å². The average molecular weight is 276 g/mol. The van der Waals surface area contributed by atoms with Crippen LogP contribution in [0.25, 0.3) is 0 Å². The summed E-state index contributed by atoms with van der Waals surface area (Å²) in [6, 6.07) is 0. The topological polar surface area (TPSA) is 54.0 Å². The van der Waals surface area contributed by atoms with Crippen LogP contribution in [0.2, 0.25) is 6.55 Å². The first kappa shape index (κ1) is 17.3. The third-order valence-electron chi connectivity index (χ3n) is 2.49. The fourth-order valence-corrected chi connectivity index (χ4v) is 2.47. The van der Waals surface area contributed by atoms with E-state index in [0.29, 0.717) is 12.2 Å². The minimum absolute atomic E-state index is 0.00472. The van der Waals surface area contributed by atoms with E-state index in [9.17, 15) is 4.79 Å². The first-order valence-electron chi connectivity index (χ1n) is 5.95. The van der Waals surface area contributed by atoms with Gasteiger partial charge in [0.15, 0.2) is 0 Å². The van der Waals surface area contributed by atoms with Gasteiger partial charge in [0.1, 0.15) is 0 Å². The molecular weight excluding hydrogens is 252 g/mol. The van der Waals surface area contributed by atoms with Gasteiger partial charge in [-0.1, -0.05) is 6.58 Å². The summed E-state index contributed by atoms with van der Waals surface area (Å²) in [5.41, 5.74) is 0.415. The summed E-state index contributed by atoms with van der Waals surface area (Å²) in [6.45, 7) is 9.30. The van der Waals surface area contributed by atoms with E-state index in [0.717, 1.165) is 12.8 Å². The summed E-state index contributed by atoms with van der Waals surface area (Å²) in [7, 11) is 0.679. The van der Waals surface area contributed by atoms with E-state index in [4.69, 9.17) is 18.0 Å². The Morgan fingerprint density at radius 1 is 1.33 bits per heavy atom. The fraction of sp³-hybridized carbons (Fsp3) is 0.750. The summed E-state index contributed by atoms with van der Waals surface area (Å²) in [5, 5.41) is 0. The predicted octanol–water partition coefficient (Wildman–Crippen LogP) is 2.15. The molecule has 0 saturated heterocycles. The van der Waals surface area contributed by atoms with Gasteiger partial charge in [0.25, 0.3) is 0 Å². The molecule has 0 aromatic rings. The largest absolute Gasteiger partial charge is 0.497 e. The van der Waals surface area contributed by atoms with E-state index in [-0.39, 0.29) is 12.1 Å². The van der Waals surface area contributed by atoms with Gasteiger partial charge in [-0.25, -0.2) is 4.79 Å².